The summed E-state index contributed by atoms with van der Waals surface area (Å²) in [6.45, 7) is 6.45. The number of aryl methyl sites for hydroxylation is 2. The van der Waals surface area contributed by atoms with Crippen LogP contribution >= 0.6 is 0 Å². The average molecular weight is 362 g/mol. The zero-order valence-corrected chi connectivity index (χ0v) is 16.0. The van der Waals surface area contributed by atoms with Gasteiger partial charge in [0.2, 0.25) is 0 Å². The van der Waals surface area contributed by atoms with Gasteiger partial charge in [-0.3, -0.25) is 4.79 Å². The Balaban J connectivity index is 1.88. The third-order valence-electron chi connectivity index (χ3n) is 6.12. The number of ketones is 1. The number of fused-ring (bicyclic) bond motifs is 1. The van der Waals surface area contributed by atoms with E-state index in [1.807, 2.05) is 31.2 Å². The molecule has 2 aromatic carbocycles. The van der Waals surface area contributed by atoms with Crippen LogP contribution in [0.1, 0.15) is 54.5 Å². The summed E-state index contributed by atoms with van der Waals surface area (Å²) in [6.07, 6.45) is 0.526. The van der Waals surface area contributed by atoms with Gasteiger partial charge in [0.25, 0.3) is 0 Å². The number of methoxy groups -OCH3 is 1. The highest BCUT2D eigenvalue weighted by molar-refractivity contribution is 6.09. The fourth-order valence-corrected chi connectivity index (χ4v) is 4.49. The first-order chi connectivity index (χ1) is 12.9. The van der Waals surface area contributed by atoms with E-state index in [1.165, 1.54) is 7.11 Å². The molecule has 0 aromatic heterocycles. The molecule has 1 heterocycles. The van der Waals surface area contributed by atoms with Gasteiger partial charge in [-0.1, -0.05) is 24.3 Å². The fourth-order valence-electron chi connectivity index (χ4n) is 4.49. The molecule has 0 saturated heterocycles. The molecule has 2 aromatic rings. The molecule has 0 fully saturated rings. The van der Waals surface area contributed by atoms with E-state index >= 15 is 0 Å². The fraction of sp³-hybridized carbons (Fsp3) is 0.364. The quantitative estimate of drug-likeness (QED) is 0.755. The number of carbonyl (C=O) groups is 2. The van der Waals surface area contributed by atoms with Crippen LogP contribution in [0.25, 0.3) is 0 Å². The largest absolute Gasteiger partial charge is 0.465 e. The van der Waals surface area contributed by atoms with Gasteiger partial charge < -0.3 is 4.74 Å². The first-order valence-electron chi connectivity index (χ1n) is 9.11. The van der Waals surface area contributed by atoms with E-state index in [0.717, 1.165) is 33.4 Å². The molecular formula is C22H22N2O3. The van der Waals surface area contributed by atoms with Gasteiger partial charge in [0.15, 0.2) is 11.3 Å². The van der Waals surface area contributed by atoms with Gasteiger partial charge in [-0.15, -0.1) is 0 Å². The molecular weight excluding hydrogens is 340 g/mol. The maximum absolute atomic E-state index is 13.5. The number of esters is 1. The highest BCUT2D eigenvalue weighted by Gasteiger charge is 2.55. The normalized spacial score (nSPS) is 23.1. The molecule has 5 heteroatoms. The van der Waals surface area contributed by atoms with Crippen molar-refractivity contribution in [3.8, 4) is 0 Å². The number of hydrogen-bond acceptors (Lipinski definition) is 5. The third-order valence-corrected chi connectivity index (χ3v) is 6.12. The van der Waals surface area contributed by atoms with Crippen LogP contribution in [0.2, 0.25) is 0 Å². The number of Topliss-reactive ketones (excluding diaryl/α,β-unsaturated/α-hetero) is 1. The van der Waals surface area contributed by atoms with Crippen LogP contribution in [0.3, 0.4) is 0 Å². The van der Waals surface area contributed by atoms with Crippen molar-refractivity contribution in [1.29, 1.82) is 0 Å². The minimum absolute atomic E-state index is 0.00548. The Kier molecular flexibility index (Phi) is 3.98. The van der Waals surface area contributed by atoms with Crippen LogP contribution in [0.15, 0.2) is 40.6 Å². The van der Waals surface area contributed by atoms with E-state index in [-0.39, 0.29) is 11.7 Å². The number of carbonyl (C=O) groups excluding carboxylic acids is 2. The van der Waals surface area contributed by atoms with Crippen LogP contribution in [0.4, 0.5) is 0 Å². The van der Waals surface area contributed by atoms with E-state index in [9.17, 15) is 9.59 Å². The number of hydrogen-bond donors (Lipinski definition) is 0. The lowest BCUT2D eigenvalue weighted by Gasteiger charge is -2.28. The minimum atomic E-state index is -0.963. The Labute approximate surface area is 158 Å². The zero-order chi connectivity index (χ0) is 19.3. The maximum Gasteiger partial charge on any atom is 0.338 e. The Morgan fingerprint density at radius 3 is 2.67 bits per heavy atom. The molecule has 0 saturated carbocycles. The SMILES string of the molecule is COC(=O)c1cccc(C)c1C1CN=NC12Cc1c(ccc(C)c1C)C2=O. The standard InChI is InChI=1S/C22H22N2O3/c1-12-8-9-15-17(14(12)3)10-22(20(15)25)18(11-23-24-22)19-13(2)6-5-7-16(19)21(26)27-4/h5-9,18H,10-11H2,1-4H3. The van der Waals surface area contributed by atoms with Crippen molar-refractivity contribution in [2.75, 3.05) is 13.7 Å². The second kappa shape index (κ2) is 6.12. The molecule has 1 aliphatic carbocycles. The summed E-state index contributed by atoms with van der Waals surface area (Å²) in [5.74, 6) is -0.663. The average Bonchev–Trinajstić information content (AvgIpc) is 3.20. The van der Waals surface area contributed by atoms with Crippen molar-refractivity contribution in [3.05, 3.63) is 69.3 Å². The van der Waals surface area contributed by atoms with Gasteiger partial charge in [-0.05, 0) is 54.7 Å². The molecule has 0 N–H and O–H groups in total. The van der Waals surface area contributed by atoms with E-state index < -0.39 is 11.5 Å². The Hall–Kier alpha value is -2.82. The summed E-state index contributed by atoms with van der Waals surface area (Å²) in [6, 6.07) is 9.43. The molecule has 138 valence electrons. The van der Waals surface area contributed by atoms with E-state index in [4.69, 9.17) is 4.74 Å². The molecule has 5 nitrogen and oxygen atoms in total. The Morgan fingerprint density at radius 1 is 1.15 bits per heavy atom. The third kappa shape index (κ3) is 2.37. The highest BCUT2D eigenvalue weighted by Crippen LogP contribution is 2.49. The maximum atomic E-state index is 13.5. The first kappa shape index (κ1) is 17.6. The molecule has 4 rings (SSSR count). The summed E-state index contributed by atoms with van der Waals surface area (Å²) in [4.78, 5) is 25.8. The van der Waals surface area contributed by atoms with Crippen LogP contribution in [0.5, 0.6) is 0 Å². The number of ether oxygens (including phenoxy) is 1. The van der Waals surface area contributed by atoms with Crippen molar-refractivity contribution >= 4 is 11.8 Å². The number of rotatable bonds is 2. The van der Waals surface area contributed by atoms with Crippen molar-refractivity contribution in [3.63, 3.8) is 0 Å². The van der Waals surface area contributed by atoms with Crippen LogP contribution in [0, 0.1) is 20.8 Å². The number of nitrogens with zero attached hydrogens (tertiary/aromatic N) is 2. The molecule has 2 unspecified atom stereocenters. The lowest BCUT2D eigenvalue weighted by molar-refractivity contribution is 0.0597. The van der Waals surface area contributed by atoms with E-state index in [1.54, 1.807) is 6.07 Å². The van der Waals surface area contributed by atoms with Gasteiger partial charge >= 0.3 is 5.97 Å². The van der Waals surface area contributed by atoms with Crippen molar-refractivity contribution in [1.82, 2.24) is 0 Å². The van der Waals surface area contributed by atoms with E-state index in [2.05, 4.69) is 24.1 Å². The van der Waals surface area contributed by atoms with Crippen LogP contribution in [-0.2, 0) is 11.2 Å². The van der Waals surface area contributed by atoms with Crippen molar-refractivity contribution < 1.29 is 14.3 Å². The molecule has 0 amide bonds. The second-order valence-electron chi connectivity index (χ2n) is 7.47. The van der Waals surface area contributed by atoms with Gasteiger partial charge in [-0.25, -0.2) is 4.79 Å². The van der Waals surface area contributed by atoms with Crippen molar-refractivity contribution in [2.45, 2.75) is 38.6 Å². The predicted octanol–water partition coefficient (Wildman–Crippen LogP) is 4.13. The lowest BCUT2D eigenvalue weighted by atomic mass is 9.75. The molecule has 27 heavy (non-hydrogen) atoms. The summed E-state index contributed by atoms with van der Waals surface area (Å²) < 4.78 is 4.98. The lowest BCUT2D eigenvalue weighted by Crippen LogP contribution is -2.40. The smallest absolute Gasteiger partial charge is 0.338 e. The summed E-state index contributed by atoms with van der Waals surface area (Å²) in [7, 11) is 1.37. The van der Waals surface area contributed by atoms with Crippen LogP contribution < -0.4 is 0 Å². The van der Waals surface area contributed by atoms with Gasteiger partial charge in [0.05, 0.1) is 19.2 Å². The highest BCUT2D eigenvalue weighted by atomic mass is 16.5. The molecule has 2 atom stereocenters. The Morgan fingerprint density at radius 2 is 1.93 bits per heavy atom. The molecule has 1 spiro atoms. The second-order valence-corrected chi connectivity index (χ2v) is 7.47. The molecule has 1 aliphatic heterocycles. The minimum Gasteiger partial charge on any atom is -0.465 e. The Bertz CT molecular complexity index is 1010. The van der Waals surface area contributed by atoms with Gasteiger partial charge in [-0.2, -0.15) is 10.2 Å². The predicted molar refractivity (Wildman–Crippen MR) is 102 cm³/mol. The topological polar surface area (TPSA) is 68.1 Å². The summed E-state index contributed by atoms with van der Waals surface area (Å²) >= 11 is 0. The van der Waals surface area contributed by atoms with Gasteiger partial charge in [0, 0.05) is 17.9 Å². The van der Waals surface area contributed by atoms with Crippen molar-refractivity contribution in [2.24, 2.45) is 10.2 Å². The van der Waals surface area contributed by atoms with Crippen LogP contribution in [-0.4, -0.2) is 30.9 Å². The van der Waals surface area contributed by atoms with E-state index in [0.29, 0.717) is 18.5 Å². The summed E-state index contributed by atoms with van der Waals surface area (Å²) in [5.41, 5.74) is 5.39. The molecule has 0 bridgehead atoms. The summed E-state index contributed by atoms with van der Waals surface area (Å²) in [5, 5.41) is 8.76. The molecule has 2 aliphatic rings. The monoisotopic (exact) mass is 362 g/mol. The first-order valence-corrected chi connectivity index (χ1v) is 9.11. The van der Waals surface area contributed by atoms with Gasteiger partial charge in [0.1, 0.15) is 0 Å². The number of benzene rings is 2. The number of azo groups is 1. The zero-order valence-electron chi connectivity index (χ0n) is 16.0. The molecule has 0 radical (unpaired) electrons.